The van der Waals surface area contributed by atoms with Gasteiger partial charge in [0.25, 0.3) is 0 Å². The van der Waals surface area contributed by atoms with Gasteiger partial charge < -0.3 is 0 Å². The van der Waals surface area contributed by atoms with Gasteiger partial charge in [0.05, 0.1) is 0 Å². The predicted molar refractivity (Wildman–Crippen MR) is 491 cm³/mol. The normalized spacial score (nSPS) is 13.9. The first-order chi connectivity index (χ1) is 58.1. The highest BCUT2D eigenvalue weighted by Gasteiger charge is 2.29. The van der Waals surface area contributed by atoms with Crippen LogP contribution in [0.1, 0.15) is 216 Å². The molecule has 0 spiro atoms. The monoisotopic (exact) mass is 1530 g/mol. The molecular formula is C110H140N4+4. The lowest BCUT2D eigenvalue weighted by atomic mass is 9.81. The Morgan fingerprint density at radius 3 is 0.868 bits per heavy atom. The van der Waals surface area contributed by atoms with Gasteiger partial charge in [-0.25, -0.2) is 18.3 Å². The Bertz CT molecular complexity index is 5850. The molecule has 0 saturated heterocycles. The maximum absolute atomic E-state index is 9.14. The number of pyridine rings is 4. The van der Waals surface area contributed by atoms with Gasteiger partial charge in [0.15, 0.2) is 24.8 Å². The molecule has 0 amide bonds. The van der Waals surface area contributed by atoms with Gasteiger partial charge >= 0.3 is 0 Å². The van der Waals surface area contributed by atoms with E-state index in [4.69, 9.17) is 16.4 Å². The van der Waals surface area contributed by atoms with Crippen LogP contribution >= 0.6 is 0 Å². The van der Waals surface area contributed by atoms with E-state index in [2.05, 4.69) is 223 Å². The molecule has 0 aliphatic heterocycles. The van der Waals surface area contributed by atoms with E-state index in [1.165, 1.54) is 89.3 Å². The largest absolute Gasteiger partial charge is 0.212 e. The van der Waals surface area contributed by atoms with E-state index >= 15 is 0 Å². The molecule has 0 atom stereocenters. The third kappa shape index (κ3) is 23.8. The highest BCUT2D eigenvalue weighted by molar-refractivity contribution is 5.80. The number of aryl methyl sites for hydroxylation is 14. The Kier molecular flexibility index (Phi) is 23.6. The molecule has 12 rings (SSSR count). The molecule has 0 bridgehead atoms. The van der Waals surface area contributed by atoms with Crippen molar-refractivity contribution < 1.29 is 34.7 Å². The summed E-state index contributed by atoms with van der Waals surface area (Å²) in [6, 6.07) is 65.7. The topological polar surface area (TPSA) is 15.5 Å². The van der Waals surface area contributed by atoms with Gasteiger partial charge in [0.2, 0.25) is 22.8 Å². The predicted octanol–water partition coefficient (Wildman–Crippen LogP) is 27.2. The second kappa shape index (κ2) is 37.3. The molecule has 0 aliphatic carbocycles. The first-order valence-corrected chi connectivity index (χ1v) is 41.0. The second-order valence-corrected chi connectivity index (χ2v) is 37.2. The fraction of sp³-hybridized carbons (Fsp3) is 0.382. The lowest BCUT2D eigenvalue weighted by Crippen LogP contribution is -2.33. The van der Waals surface area contributed by atoms with Crippen LogP contribution in [0.25, 0.3) is 89.5 Å². The van der Waals surface area contributed by atoms with Crippen molar-refractivity contribution in [3.05, 3.63) is 308 Å². The standard InChI is InChI=1S/2C30H40N.2C25H30N/c2*1-21-15-22(2)27(17-26(21)23-13-11-10-12-14-23)28-16-24(18-29(3,4)5)25(20-31(28)9)19-30(6,7)8;2*1-17(2)12-22-16-26(6)25(14-18(22)3)24-15-23(19(4)13-20(24)5)21-10-8-7-9-11-21/h2*10-17,20H,18-19H2,1-9H3;2*7-11,13-17H,12H2,1-6H3/q4*+1/i1D3,18D2,19D2;;4D3,12D2;. The van der Waals surface area contributed by atoms with E-state index in [-0.39, 0.29) is 22.3 Å². The molecule has 0 fully saturated rings. The van der Waals surface area contributed by atoms with Crippen LogP contribution in [-0.4, -0.2) is 0 Å². The molecule has 0 N–H and O–H groups in total. The zero-order valence-corrected chi connectivity index (χ0v) is 74.3. The Morgan fingerprint density at radius 1 is 0.272 bits per heavy atom. The average Bonchev–Trinajstić information content (AvgIpc) is 0.728. The second-order valence-electron chi connectivity index (χ2n) is 37.2. The van der Waals surface area contributed by atoms with Crippen molar-refractivity contribution in [2.75, 3.05) is 0 Å². The van der Waals surface area contributed by atoms with Crippen molar-refractivity contribution in [1.82, 2.24) is 0 Å². The molecule has 0 aliphatic rings. The van der Waals surface area contributed by atoms with Crippen molar-refractivity contribution in [2.24, 2.45) is 61.7 Å². The fourth-order valence-electron chi connectivity index (χ4n) is 15.4. The quantitative estimate of drug-likeness (QED) is 0.0857. The van der Waals surface area contributed by atoms with E-state index < -0.39 is 43.7 Å². The van der Waals surface area contributed by atoms with Crippen molar-refractivity contribution in [3.63, 3.8) is 0 Å². The first kappa shape index (κ1) is 72.1. The zero-order valence-electron chi connectivity index (χ0n) is 86.3. The van der Waals surface area contributed by atoms with Crippen LogP contribution in [0.3, 0.4) is 0 Å². The van der Waals surface area contributed by atoms with Gasteiger partial charge in [-0.15, -0.1) is 0 Å². The van der Waals surface area contributed by atoms with Gasteiger partial charge in [-0.2, -0.15) is 0 Å². The lowest BCUT2D eigenvalue weighted by Gasteiger charge is -2.24. The zero-order chi connectivity index (χ0) is 94.0. The van der Waals surface area contributed by atoms with Crippen molar-refractivity contribution in [1.29, 1.82) is 0 Å². The summed E-state index contributed by atoms with van der Waals surface area (Å²) >= 11 is 0. The molecule has 0 unspecified atom stereocenters. The summed E-state index contributed by atoms with van der Waals surface area (Å²) < 4.78 is 110. The summed E-state index contributed by atoms with van der Waals surface area (Å²) in [6.07, 6.45) is 6.47. The first-order valence-electron chi connectivity index (χ1n) is 47.0. The number of aromatic nitrogens is 4. The third-order valence-electron chi connectivity index (χ3n) is 20.6. The van der Waals surface area contributed by atoms with E-state index in [1.54, 1.807) is 24.4 Å². The van der Waals surface area contributed by atoms with Crippen LogP contribution < -0.4 is 18.3 Å². The molecule has 4 aromatic heterocycles. The molecule has 596 valence electrons. The van der Waals surface area contributed by atoms with Crippen LogP contribution in [0, 0.1) is 103 Å². The summed E-state index contributed by atoms with van der Waals surface area (Å²) in [5.41, 5.74) is 31.1. The summed E-state index contributed by atoms with van der Waals surface area (Å²) in [7, 11) is 8.10. The number of hydrogen-bond acceptors (Lipinski definition) is 0. The SMILES string of the molecule is Cc1cc(-c2cc(-c3ccccc3)c(C)cc2C)[n+](C)cc1CC(C)C.Cc1cc(C)c(-c2cc(CC(C)(C)C)c(CC(C)(C)C)c[n+]2C)cc1-c1ccccc1.[2H]C([2H])([2H])c1cc(C)c(-c2cc(C([2H])([2H])C(C)(C)C)c(C([2H])([2H])C(C)(C)C)c[n+]2C)cc1-c1ccccc1.[2H]C([2H])([2H])c1cc(C)c(-c2cc(C)c(C([2H])([2H])C(C)C)c[n+]2C)cc1-c1ccccc1. The molecule has 4 nitrogen and oxygen atoms in total. The minimum absolute atomic E-state index is 0.151. The Morgan fingerprint density at radius 2 is 0.544 bits per heavy atom. The van der Waals surface area contributed by atoms with Gasteiger partial charge in [-0.1, -0.05) is 256 Å². The van der Waals surface area contributed by atoms with E-state index in [0.29, 0.717) is 45.0 Å². The van der Waals surface area contributed by atoms with E-state index in [0.717, 1.165) is 63.9 Å². The molecule has 8 aromatic carbocycles. The number of rotatable bonds is 16. The lowest BCUT2D eigenvalue weighted by molar-refractivity contribution is -0.661. The van der Waals surface area contributed by atoms with Crippen LogP contribution in [0.15, 0.2) is 219 Å². The number of hydrogen-bond donors (Lipinski definition) is 0. The molecule has 114 heavy (non-hydrogen) atoms. The third-order valence-corrected chi connectivity index (χ3v) is 20.6. The minimum atomic E-state index is -2.31. The van der Waals surface area contributed by atoms with Crippen LogP contribution in [0.4, 0.5) is 0 Å². The van der Waals surface area contributed by atoms with Gasteiger partial charge in [-0.3, -0.25) is 0 Å². The van der Waals surface area contributed by atoms with Crippen LogP contribution in [-0.2, 0) is 66.6 Å². The van der Waals surface area contributed by atoms with Crippen molar-refractivity contribution >= 4 is 0 Å². The highest BCUT2D eigenvalue weighted by atomic mass is 14.9. The molecule has 0 saturated carbocycles. The van der Waals surface area contributed by atoms with Crippen LogP contribution in [0.2, 0.25) is 0 Å². The highest BCUT2D eigenvalue weighted by Crippen LogP contribution is 2.39. The van der Waals surface area contributed by atoms with Gasteiger partial charge in [0.1, 0.15) is 28.2 Å². The van der Waals surface area contributed by atoms with E-state index in [1.807, 2.05) is 184 Å². The summed E-state index contributed by atoms with van der Waals surface area (Å²) in [6.45, 7) is 45.6. The van der Waals surface area contributed by atoms with Gasteiger partial charge in [0, 0.05) is 85.2 Å². The average molecular weight is 1530 g/mol. The molecule has 4 heteroatoms. The Labute approximate surface area is 708 Å². The van der Waals surface area contributed by atoms with Gasteiger partial charge in [-0.05, 0) is 277 Å². The van der Waals surface area contributed by atoms with Crippen molar-refractivity contribution in [2.45, 2.75) is 218 Å². The number of nitrogens with zero attached hydrogens (tertiary/aromatic N) is 4. The van der Waals surface area contributed by atoms with E-state index in [9.17, 15) is 0 Å². The fourth-order valence-corrected chi connectivity index (χ4v) is 15.4. The maximum Gasteiger partial charge on any atom is 0.212 e. The number of benzene rings is 8. The molecular weight excluding hydrogens is 1380 g/mol. The Balaban J connectivity index is 0.000000192. The molecule has 12 aromatic rings. The molecule has 0 radical (unpaired) electrons. The molecule has 4 heterocycles. The summed E-state index contributed by atoms with van der Waals surface area (Å²) in [5, 5.41) is 0. The van der Waals surface area contributed by atoms with Crippen molar-refractivity contribution in [3.8, 4) is 89.5 Å². The Hall–Kier alpha value is -9.64. The maximum atomic E-state index is 9.14. The summed E-state index contributed by atoms with van der Waals surface area (Å²) in [4.78, 5) is 0. The minimum Gasteiger partial charge on any atom is -0.201 e. The smallest absolute Gasteiger partial charge is 0.201 e. The summed E-state index contributed by atoms with van der Waals surface area (Å²) in [5.74, 6) is 0.521. The van der Waals surface area contributed by atoms with Crippen LogP contribution in [0.5, 0.6) is 0 Å².